The third kappa shape index (κ3) is 2.66. The fraction of sp³-hybridized carbons (Fsp3) is 0.800. The largest absolute Gasteiger partial charge is 0.389 e. The maximum absolute atomic E-state index is 9.42. The minimum absolute atomic E-state index is 0.105. The molecule has 1 saturated carbocycles. The molecule has 0 spiro atoms. The molecule has 64 valence electrons. The van der Waals surface area contributed by atoms with E-state index < -0.39 is 0 Å². The number of unbranched alkanes of at least 4 members (excludes halogenated alkanes) is 2. The van der Waals surface area contributed by atoms with Crippen molar-refractivity contribution in [3.8, 4) is 0 Å². The van der Waals surface area contributed by atoms with Gasteiger partial charge in [0.05, 0.1) is 6.10 Å². The lowest BCUT2D eigenvalue weighted by Gasteiger charge is -2.02. The highest BCUT2D eigenvalue weighted by Gasteiger charge is 2.16. The van der Waals surface area contributed by atoms with Gasteiger partial charge in [-0.25, -0.2) is 0 Å². The van der Waals surface area contributed by atoms with Gasteiger partial charge in [-0.1, -0.05) is 25.8 Å². The van der Waals surface area contributed by atoms with Crippen LogP contribution in [0.1, 0.15) is 45.4 Å². The van der Waals surface area contributed by atoms with Crippen LogP contribution in [0.25, 0.3) is 0 Å². The van der Waals surface area contributed by atoms with Crippen LogP contribution in [0.3, 0.4) is 0 Å². The van der Waals surface area contributed by atoms with Gasteiger partial charge in [0.1, 0.15) is 0 Å². The lowest BCUT2D eigenvalue weighted by atomic mass is 10.1. The second-order valence-electron chi connectivity index (χ2n) is 3.33. The molecule has 0 amide bonds. The van der Waals surface area contributed by atoms with Crippen LogP contribution in [-0.2, 0) is 0 Å². The SMILES string of the molecule is CCCC/C=C1/CCCC1O. The first-order valence-corrected chi connectivity index (χ1v) is 4.71. The van der Waals surface area contributed by atoms with Gasteiger partial charge in [-0.05, 0) is 31.3 Å². The predicted molar refractivity (Wildman–Crippen MR) is 47.5 cm³/mol. The molecule has 0 aliphatic heterocycles. The fourth-order valence-electron chi connectivity index (χ4n) is 1.58. The van der Waals surface area contributed by atoms with E-state index in [1.54, 1.807) is 0 Å². The molecule has 1 atom stereocenters. The lowest BCUT2D eigenvalue weighted by molar-refractivity contribution is 0.217. The molecule has 0 radical (unpaired) electrons. The van der Waals surface area contributed by atoms with E-state index in [9.17, 15) is 5.11 Å². The molecule has 0 aromatic rings. The summed E-state index contributed by atoms with van der Waals surface area (Å²) in [6.07, 6.45) is 9.09. The molecule has 1 fully saturated rings. The van der Waals surface area contributed by atoms with Crippen molar-refractivity contribution >= 4 is 0 Å². The van der Waals surface area contributed by atoms with E-state index >= 15 is 0 Å². The summed E-state index contributed by atoms with van der Waals surface area (Å²) < 4.78 is 0. The van der Waals surface area contributed by atoms with Crippen molar-refractivity contribution in [2.45, 2.75) is 51.6 Å². The Labute approximate surface area is 69.1 Å². The van der Waals surface area contributed by atoms with Gasteiger partial charge in [0, 0.05) is 0 Å². The molecule has 0 saturated heterocycles. The van der Waals surface area contributed by atoms with Gasteiger partial charge in [-0.15, -0.1) is 0 Å². The Hall–Kier alpha value is -0.300. The Morgan fingerprint density at radius 1 is 1.64 bits per heavy atom. The van der Waals surface area contributed by atoms with E-state index in [4.69, 9.17) is 0 Å². The zero-order chi connectivity index (χ0) is 8.10. The van der Waals surface area contributed by atoms with E-state index in [-0.39, 0.29) is 6.10 Å². The zero-order valence-electron chi connectivity index (χ0n) is 7.34. The average Bonchev–Trinajstić information content (AvgIpc) is 2.37. The molecule has 0 bridgehead atoms. The molecular formula is C10H18O. The van der Waals surface area contributed by atoms with Crippen molar-refractivity contribution in [2.24, 2.45) is 0 Å². The van der Waals surface area contributed by atoms with Crippen LogP contribution in [-0.4, -0.2) is 11.2 Å². The molecule has 1 nitrogen and oxygen atoms in total. The van der Waals surface area contributed by atoms with Crippen molar-refractivity contribution < 1.29 is 5.11 Å². The van der Waals surface area contributed by atoms with Gasteiger partial charge in [-0.3, -0.25) is 0 Å². The maximum Gasteiger partial charge on any atom is 0.0750 e. The highest BCUT2D eigenvalue weighted by Crippen LogP contribution is 2.25. The Bertz CT molecular complexity index is 138. The maximum atomic E-state index is 9.42. The first-order valence-electron chi connectivity index (χ1n) is 4.71. The van der Waals surface area contributed by atoms with Crippen LogP contribution in [0.4, 0.5) is 0 Å². The van der Waals surface area contributed by atoms with Crippen LogP contribution >= 0.6 is 0 Å². The van der Waals surface area contributed by atoms with Crippen LogP contribution < -0.4 is 0 Å². The van der Waals surface area contributed by atoms with E-state index in [2.05, 4.69) is 13.0 Å². The molecule has 1 N–H and O–H groups in total. The van der Waals surface area contributed by atoms with Crippen molar-refractivity contribution in [3.05, 3.63) is 11.6 Å². The number of rotatable bonds is 3. The Balaban J connectivity index is 2.27. The van der Waals surface area contributed by atoms with E-state index in [1.807, 2.05) is 0 Å². The van der Waals surface area contributed by atoms with Gasteiger partial charge in [0.25, 0.3) is 0 Å². The number of allylic oxidation sites excluding steroid dienone is 1. The summed E-state index contributed by atoms with van der Waals surface area (Å²) >= 11 is 0. The van der Waals surface area contributed by atoms with Crippen LogP contribution in [0.5, 0.6) is 0 Å². The van der Waals surface area contributed by atoms with Crippen LogP contribution in [0.2, 0.25) is 0 Å². The number of hydrogen-bond acceptors (Lipinski definition) is 1. The minimum Gasteiger partial charge on any atom is -0.389 e. The molecule has 0 heterocycles. The number of aliphatic hydroxyl groups excluding tert-OH is 1. The van der Waals surface area contributed by atoms with E-state index in [0.29, 0.717) is 0 Å². The van der Waals surface area contributed by atoms with Crippen LogP contribution in [0, 0.1) is 0 Å². The van der Waals surface area contributed by atoms with Crippen LogP contribution in [0.15, 0.2) is 11.6 Å². The second kappa shape index (κ2) is 4.55. The molecule has 1 rings (SSSR count). The molecule has 1 unspecified atom stereocenters. The van der Waals surface area contributed by atoms with E-state index in [1.165, 1.54) is 24.8 Å². The molecule has 11 heavy (non-hydrogen) atoms. The summed E-state index contributed by atoms with van der Waals surface area (Å²) in [6, 6.07) is 0. The number of aliphatic hydroxyl groups is 1. The summed E-state index contributed by atoms with van der Waals surface area (Å²) in [5.74, 6) is 0. The highest BCUT2D eigenvalue weighted by molar-refractivity contribution is 5.11. The zero-order valence-corrected chi connectivity index (χ0v) is 7.34. The summed E-state index contributed by atoms with van der Waals surface area (Å²) in [5, 5.41) is 9.42. The summed E-state index contributed by atoms with van der Waals surface area (Å²) in [5.41, 5.74) is 1.29. The smallest absolute Gasteiger partial charge is 0.0750 e. The standard InChI is InChI=1S/C10H18O/c1-2-3-4-6-9-7-5-8-10(9)11/h6,10-11H,2-5,7-8H2,1H3/b9-6-. The van der Waals surface area contributed by atoms with Crippen molar-refractivity contribution in [3.63, 3.8) is 0 Å². The first-order chi connectivity index (χ1) is 5.34. The van der Waals surface area contributed by atoms with Crippen molar-refractivity contribution in [2.75, 3.05) is 0 Å². The third-order valence-electron chi connectivity index (χ3n) is 2.34. The highest BCUT2D eigenvalue weighted by atomic mass is 16.3. The van der Waals surface area contributed by atoms with Gasteiger partial charge in [0.15, 0.2) is 0 Å². The van der Waals surface area contributed by atoms with Gasteiger partial charge >= 0.3 is 0 Å². The first kappa shape index (κ1) is 8.79. The predicted octanol–water partition coefficient (Wildman–Crippen LogP) is 2.65. The molecule has 1 heteroatoms. The Morgan fingerprint density at radius 3 is 3.00 bits per heavy atom. The second-order valence-corrected chi connectivity index (χ2v) is 3.33. The van der Waals surface area contributed by atoms with Gasteiger partial charge < -0.3 is 5.11 Å². The Morgan fingerprint density at radius 2 is 2.45 bits per heavy atom. The monoisotopic (exact) mass is 154 g/mol. The fourth-order valence-corrected chi connectivity index (χ4v) is 1.58. The normalized spacial score (nSPS) is 28.2. The molecule has 0 aromatic heterocycles. The lowest BCUT2D eigenvalue weighted by Crippen LogP contribution is -2.00. The molecule has 0 aromatic carbocycles. The topological polar surface area (TPSA) is 20.2 Å². The summed E-state index contributed by atoms with van der Waals surface area (Å²) in [6.45, 7) is 2.20. The summed E-state index contributed by atoms with van der Waals surface area (Å²) in [7, 11) is 0. The minimum atomic E-state index is -0.105. The van der Waals surface area contributed by atoms with Crippen molar-refractivity contribution in [1.82, 2.24) is 0 Å². The Kier molecular flexibility index (Phi) is 3.64. The van der Waals surface area contributed by atoms with Gasteiger partial charge in [0.2, 0.25) is 0 Å². The summed E-state index contributed by atoms with van der Waals surface area (Å²) in [4.78, 5) is 0. The molecular weight excluding hydrogens is 136 g/mol. The van der Waals surface area contributed by atoms with Crippen molar-refractivity contribution in [1.29, 1.82) is 0 Å². The third-order valence-corrected chi connectivity index (χ3v) is 2.34. The quantitative estimate of drug-likeness (QED) is 0.489. The van der Waals surface area contributed by atoms with E-state index in [0.717, 1.165) is 19.3 Å². The number of hydrogen-bond donors (Lipinski definition) is 1. The molecule has 1 aliphatic carbocycles. The molecule has 1 aliphatic rings. The average molecular weight is 154 g/mol. The van der Waals surface area contributed by atoms with Gasteiger partial charge in [-0.2, -0.15) is 0 Å².